The summed E-state index contributed by atoms with van der Waals surface area (Å²) in [5.74, 6) is -0.245. The standard InChI is InChI=1S/C25H21NO4/c1-17(30-25(28)20-15-19-11-5-8-14-23(19)29-16-20)24(27)26-22-13-7-6-12-21(22)18-9-3-2-4-10-18/h2-15,17H,16H2,1H3,(H,26,27)/t17-/m0/s1. The van der Waals surface area contributed by atoms with Crippen molar-refractivity contribution in [1.82, 2.24) is 0 Å². The van der Waals surface area contributed by atoms with Gasteiger partial charge in [-0.1, -0.05) is 66.7 Å². The van der Waals surface area contributed by atoms with Crippen molar-refractivity contribution in [3.05, 3.63) is 90.0 Å². The summed E-state index contributed by atoms with van der Waals surface area (Å²) in [6.45, 7) is 1.66. The smallest absolute Gasteiger partial charge is 0.338 e. The average molecular weight is 399 g/mol. The molecule has 1 amide bonds. The van der Waals surface area contributed by atoms with E-state index in [2.05, 4.69) is 5.32 Å². The van der Waals surface area contributed by atoms with Crippen molar-refractivity contribution >= 4 is 23.6 Å². The lowest BCUT2D eigenvalue weighted by Crippen LogP contribution is -2.31. The van der Waals surface area contributed by atoms with Crippen molar-refractivity contribution in [2.75, 3.05) is 11.9 Å². The van der Waals surface area contributed by atoms with Crippen molar-refractivity contribution in [3.63, 3.8) is 0 Å². The van der Waals surface area contributed by atoms with Gasteiger partial charge in [0, 0.05) is 16.8 Å². The number of carbonyl (C=O) groups excluding carboxylic acids is 2. The molecule has 0 unspecified atom stereocenters. The Morgan fingerprint density at radius 2 is 1.63 bits per heavy atom. The topological polar surface area (TPSA) is 64.6 Å². The molecule has 4 rings (SSSR count). The number of ether oxygens (including phenoxy) is 2. The maximum atomic E-state index is 12.7. The first-order chi connectivity index (χ1) is 14.6. The van der Waals surface area contributed by atoms with Crippen LogP contribution in [-0.2, 0) is 14.3 Å². The van der Waals surface area contributed by atoms with Gasteiger partial charge in [-0.3, -0.25) is 4.79 Å². The Morgan fingerprint density at radius 3 is 2.47 bits per heavy atom. The molecule has 3 aromatic carbocycles. The van der Waals surface area contributed by atoms with Gasteiger partial charge in [-0.25, -0.2) is 4.79 Å². The van der Waals surface area contributed by atoms with Gasteiger partial charge < -0.3 is 14.8 Å². The molecule has 0 aliphatic carbocycles. The molecule has 0 saturated carbocycles. The van der Waals surface area contributed by atoms with E-state index in [1.54, 1.807) is 13.0 Å². The van der Waals surface area contributed by atoms with Crippen LogP contribution < -0.4 is 10.1 Å². The lowest BCUT2D eigenvalue weighted by atomic mass is 10.0. The largest absolute Gasteiger partial charge is 0.488 e. The number of hydrogen-bond acceptors (Lipinski definition) is 4. The highest BCUT2D eigenvalue weighted by molar-refractivity contribution is 6.01. The minimum Gasteiger partial charge on any atom is -0.488 e. The quantitative estimate of drug-likeness (QED) is 0.632. The molecule has 1 aliphatic heterocycles. The number of para-hydroxylation sites is 2. The molecule has 0 fully saturated rings. The van der Waals surface area contributed by atoms with Crippen LogP contribution in [0.3, 0.4) is 0 Å². The first kappa shape index (κ1) is 19.5. The summed E-state index contributed by atoms with van der Waals surface area (Å²) in [4.78, 5) is 25.2. The van der Waals surface area contributed by atoms with Crippen LogP contribution in [0.5, 0.6) is 5.75 Å². The van der Waals surface area contributed by atoms with Crippen LogP contribution in [0.4, 0.5) is 5.69 Å². The number of fused-ring (bicyclic) bond motifs is 1. The Bertz CT molecular complexity index is 1100. The first-order valence-corrected chi connectivity index (χ1v) is 9.70. The summed E-state index contributed by atoms with van der Waals surface area (Å²) >= 11 is 0. The van der Waals surface area contributed by atoms with Gasteiger partial charge >= 0.3 is 5.97 Å². The molecule has 5 heteroatoms. The highest BCUT2D eigenvalue weighted by atomic mass is 16.6. The van der Waals surface area contributed by atoms with Crippen LogP contribution in [0.1, 0.15) is 12.5 Å². The van der Waals surface area contributed by atoms with Crippen LogP contribution in [0, 0.1) is 0 Å². The number of benzene rings is 3. The van der Waals surface area contributed by atoms with Gasteiger partial charge in [0.15, 0.2) is 6.10 Å². The fourth-order valence-corrected chi connectivity index (χ4v) is 3.22. The van der Waals surface area contributed by atoms with Gasteiger partial charge in [0.05, 0.1) is 5.57 Å². The summed E-state index contributed by atoms with van der Waals surface area (Å²) in [7, 11) is 0. The summed E-state index contributed by atoms with van der Waals surface area (Å²) in [6, 6.07) is 24.7. The van der Waals surface area contributed by atoms with E-state index in [0.29, 0.717) is 11.3 Å². The molecular formula is C25H21NO4. The zero-order chi connectivity index (χ0) is 20.9. The third-order valence-corrected chi connectivity index (χ3v) is 4.82. The van der Waals surface area contributed by atoms with E-state index in [9.17, 15) is 9.59 Å². The zero-order valence-corrected chi connectivity index (χ0v) is 16.5. The van der Waals surface area contributed by atoms with Crippen molar-refractivity contribution in [1.29, 1.82) is 0 Å². The Labute approximate surface area is 175 Å². The van der Waals surface area contributed by atoms with Gasteiger partial charge in [-0.15, -0.1) is 0 Å². The number of rotatable bonds is 5. The number of amides is 1. The minimum absolute atomic E-state index is 0.112. The molecule has 1 N–H and O–H groups in total. The monoisotopic (exact) mass is 399 g/mol. The van der Waals surface area contributed by atoms with Crippen LogP contribution in [0.25, 0.3) is 17.2 Å². The molecule has 5 nitrogen and oxygen atoms in total. The SMILES string of the molecule is C[C@H](OC(=O)C1=Cc2ccccc2OC1)C(=O)Nc1ccccc1-c1ccccc1. The molecule has 0 radical (unpaired) electrons. The van der Waals surface area contributed by atoms with Crippen LogP contribution >= 0.6 is 0 Å². The average Bonchev–Trinajstić information content (AvgIpc) is 2.79. The van der Waals surface area contributed by atoms with E-state index < -0.39 is 18.0 Å². The zero-order valence-electron chi connectivity index (χ0n) is 16.5. The van der Waals surface area contributed by atoms with E-state index in [1.165, 1.54) is 0 Å². The second-order valence-corrected chi connectivity index (χ2v) is 6.94. The Morgan fingerprint density at radius 1 is 0.933 bits per heavy atom. The van der Waals surface area contributed by atoms with Crippen molar-refractivity contribution in [2.24, 2.45) is 0 Å². The lowest BCUT2D eigenvalue weighted by molar-refractivity contribution is -0.149. The second-order valence-electron chi connectivity index (χ2n) is 6.94. The fourth-order valence-electron chi connectivity index (χ4n) is 3.22. The van der Waals surface area contributed by atoms with Crippen molar-refractivity contribution in [3.8, 4) is 16.9 Å². The highest BCUT2D eigenvalue weighted by Gasteiger charge is 2.24. The lowest BCUT2D eigenvalue weighted by Gasteiger charge is -2.19. The third-order valence-electron chi connectivity index (χ3n) is 4.82. The summed E-state index contributed by atoms with van der Waals surface area (Å²) in [6.07, 6.45) is 0.774. The predicted molar refractivity (Wildman–Crippen MR) is 116 cm³/mol. The highest BCUT2D eigenvalue weighted by Crippen LogP contribution is 2.28. The Hall–Kier alpha value is -3.86. The van der Waals surface area contributed by atoms with E-state index in [4.69, 9.17) is 9.47 Å². The maximum Gasteiger partial charge on any atom is 0.338 e. The van der Waals surface area contributed by atoms with Crippen LogP contribution in [-0.4, -0.2) is 24.6 Å². The fraction of sp³-hybridized carbons (Fsp3) is 0.120. The van der Waals surface area contributed by atoms with Gasteiger partial charge in [0.1, 0.15) is 12.4 Å². The number of carbonyl (C=O) groups is 2. The summed E-state index contributed by atoms with van der Waals surface area (Å²) in [5, 5.41) is 2.87. The molecule has 0 bridgehead atoms. The molecule has 0 spiro atoms. The van der Waals surface area contributed by atoms with Crippen molar-refractivity contribution < 1.29 is 19.1 Å². The normalized spacial score (nSPS) is 13.3. The molecule has 0 aromatic heterocycles. The van der Waals surface area contributed by atoms with Gasteiger partial charge in [-0.2, -0.15) is 0 Å². The second kappa shape index (κ2) is 8.66. The molecule has 1 aliphatic rings. The molecule has 1 atom stereocenters. The minimum atomic E-state index is -0.959. The number of nitrogens with one attached hydrogen (secondary N) is 1. The molecule has 3 aromatic rings. The van der Waals surface area contributed by atoms with E-state index in [0.717, 1.165) is 22.4 Å². The summed E-state index contributed by atoms with van der Waals surface area (Å²) < 4.78 is 11.0. The number of hydrogen-bond donors (Lipinski definition) is 1. The molecule has 150 valence electrons. The molecular weight excluding hydrogens is 378 g/mol. The Kier molecular flexibility index (Phi) is 5.61. The third kappa shape index (κ3) is 4.25. The van der Waals surface area contributed by atoms with Crippen LogP contribution in [0.15, 0.2) is 84.4 Å². The maximum absolute atomic E-state index is 12.7. The molecule has 1 heterocycles. The molecule has 0 saturated heterocycles. The van der Waals surface area contributed by atoms with E-state index in [-0.39, 0.29) is 6.61 Å². The van der Waals surface area contributed by atoms with Crippen molar-refractivity contribution in [2.45, 2.75) is 13.0 Å². The van der Waals surface area contributed by atoms with Crippen LogP contribution in [0.2, 0.25) is 0 Å². The first-order valence-electron chi connectivity index (χ1n) is 9.70. The predicted octanol–water partition coefficient (Wildman–Crippen LogP) is 4.70. The van der Waals surface area contributed by atoms with E-state index in [1.807, 2.05) is 78.9 Å². The number of esters is 1. The van der Waals surface area contributed by atoms with E-state index >= 15 is 0 Å². The van der Waals surface area contributed by atoms with Gasteiger partial charge in [0.2, 0.25) is 0 Å². The molecule has 30 heavy (non-hydrogen) atoms. The Balaban J connectivity index is 1.44. The summed E-state index contributed by atoms with van der Waals surface area (Å²) in [5.41, 5.74) is 3.72. The number of anilines is 1. The van der Waals surface area contributed by atoms with Gasteiger partial charge in [0.25, 0.3) is 5.91 Å². The van der Waals surface area contributed by atoms with Gasteiger partial charge in [-0.05, 0) is 30.7 Å².